The number of nitrogens with one attached hydrogen (secondary N) is 1. The summed E-state index contributed by atoms with van der Waals surface area (Å²) >= 11 is 0. The molecule has 1 heterocycles. The highest BCUT2D eigenvalue weighted by Gasteiger charge is 2.09. The van der Waals surface area contributed by atoms with Crippen molar-refractivity contribution in [1.29, 1.82) is 0 Å². The molecule has 0 saturated heterocycles. The summed E-state index contributed by atoms with van der Waals surface area (Å²) < 4.78 is 10.4. The fourth-order valence-corrected chi connectivity index (χ4v) is 1.72. The summed E-state index contributed by atoms with van der Waals surface area (Å²) in [4.78, 5) is 19.6. The molecule has 0 aliphatic carbocycles. The molecule has 7 heteroatoms. The van der Waals surface area contributed by atoms with E-state index in [1.165, 1.54) is 12.4 Å². The minimum atomic E-state index is -0.322. The highest BCUT2D eigenvalue weighted by atomic mass is 16.5. The van der Waals surface area contributed by atoms with Gasteiger partial charge in [0.2, 0.25) is 0 Å². The number of hydrogen-bond acceptors (Lipinski definition) is 6. The lowest BCUT2D eigenvalue weighted by Crippen LogP contribution is -2.24. The minimum absolute atomic E-state index is 0.213. The van der Waals surface area contributed by atoms with E-state index in [1.807, 2.05) is 6.07 Å². The summed E-state index contributed by atoms with van der Waals surface area (Å²) in [6, 6.07) is 5.42. The highest BCUT2D eigenvalue weighted by Crippen LogP contribution is 2.27. The number of ether oxygens (including phenoxy) is 2. The Morgan fingerprint density at radius 2 is 1.95 bits per heavy atom. The number of anilines is 1. The maximum Gasteiger partial charge on any atom is 0.271 e. The zero-order valence-electron chi connectivity index (χ0n) is 11.8. The Morgan fingerprint density at radius 1 is 1.19 bits per heavy atom. The Kier molecular flexibility index (Phi) is 4.55. The molecule has 1 aromatic heterocycles. The van der Waals surface area contributed by atoms with Gasteiger partial charge >= 0.3 is 0 Å². The third-order valence-electron chi connectivity index (χ3n) is 2.81. The lowest BCUT2D eigenvalue weighted by molar-refractivity contribution is 0.0945. The second-order valence-corrected chi connectivity index (χ2v) is 4.20. The first-order chi connectivity index (χ1) is 10.1. The molecule has 0 radical (unpaired) electrons. The van der Waals surface area contributed by atoms with Gasteiger partial charge in [-0.25, -0.2) is 9.97 Å². The lowest BCUT2D eigenvalue weighted by atomic mass is 10.2. The van der Waals surface area contributed by atoms with Crippen molar-refractivity contribution in [2.24, 2.45) is 0 Å². The van der Waals surface area contributed by atoms with Gasteiger partial charge in [0.25, 0.3) is 5.91 Å². The van der Waals surface area contributed by atoms with E-state index < -0.39 is 0 Å². The minimum Gasteiger partial charge on any atom is -0.493 e. The summed E-state index contributed by atoms with van der Waals surface area (Å²) in [7, 11) is 3.13. The average Bonchev–Trinajstić information content (AvgIpc) is 2.52. The van der Waals surface area contributed by atoms with Crippen LogP contribution in [0.5, 0.6) is 11.5 Å². The molecule has 0 bridgehead atoms. The van der Waals surface area contributed by atoms with Crippen LogP contribution in [0.2, 0.25) is 0 Å². The topological polar surface area (TPSA) is 99.4 Å². The van der Waals surface area contributed by atoms with Gasteiger partial charge in [0.1, 0.15) is 11.5 Å². The number of nitrogens with zero attached hydrogens (tertiary/aromatic N) is 2. The predicted octanol–water partition coefficient (Wildman–Crippen LogP) is 1.01. The van der Waals surface area contributed by atoms with Gasteiger partial charge in [0.05, 0.1) is 26.6 Å². The van der Waals surface area contributed by atoms with E-state index in [0.29, 0.717) is 18.0 Å². The number of carbonyl (C=O) groups excluding carboxylic acids is 1. The molecule has 2 aromatic rings. The van der Waals surface area contributed by atoms with Crippen LogP contribution in [0.25, 0.3) is 0 Å². The number of amides is 1. The smallest absolute Gasteiger partial charge is 0.271 e. The van der Waals surface area contributed by atoms with Gasteiger partial charge in [-0.1, -0.05) is 6.07 Å². The molecule has 0 aliphatic rings. The van der Waals surface area contributed by atoms with Crippen molar-refractivity contribution in [3.63, 3.8) is 0 Å². The fourth-order valence-electron chi connectivity index (χ4n) is 1.72. The first kappa shape index (κ1) is 14.6. The van der Waals surface area contributed by atoms with Crippen LogP contribution < -0.4 is 20.5 Å². The number of aromatic nitrogens is 2. The lowest BCUT2D eigenvalue weighted by Gasteiger charge is -2.10. The molecule has 2 rings (SSSR count). The van der Waals surface area contributed by atoms with Crippen LogP contribution in [0.1, 0.15) is 16.1 Å². The SMILES string of the molecule is COc1ccc(CNC(=O)c2cnc(N)cn2)cc1OC. The van der Waals surface area contributed by atoms with E-state index in [1.54, 1.807) is 26.4 Å². The van der Waals surface area contributed by atoms with Crippen LogP contribution in [0.3, 0.4) is 0 Å². The fraction of sp³-hybridized carbons (Fsp3) is 0.214. The van der Waals surface area contributed by atoms with Gasteiger partial charge in [-0.15, -0.1) is 0 Å². The number of nitrogens with two attached hydrogens (primary N) is 1. The van der Waals surface area contributed by atoms with Gasteiger partial charge in [-0.05, 0) is 17.7 Å². The van der Waals surface area contributed by atoms with Crippen molar-refractivity contribution in [2.45, 2.75) is 6.54 Å². The van der Waals surface area contributed by atoms with Crippen LogP contribution in [0.15, 0.2) is 30.6 Å². The van der Waals surface area contributed by atoms with E-state index in [9.17, 15) is 4.79 Å². The van der Waals surface area contributed by atoms with E-state index in [-0.39, 0.29) is 17.4 Å². The van der Waals surface area contributed by atoms with E-state index in [4.69, 9.17) is 15.2 Å². The Morgan fingerprint density at radius 3 is 2.57 bits per heavy atom. The average molecular weight is 288 g/mol. The first-order valence-electron chi connectivity index (χ1n) is 6.20. The number of nitrogen functional groups attached to an aromatic ring is 1. The zero-order chi connectivity index (χ0) is 15.2. The maximum atomic E-state index is 11.9. The van der Waals surface area contributed by atoms with E-state index in [0.717, 1.165) is 5.56 Å². The van der Waals surface area contributed by atoms with Crippen LogP contribution >= 0.6 is 0 Å². The molecule has 7 nitrogen and oxygen atoms in total. The van der Waals surface area contributed by atoms with Crippen LogP contribution in [0, 0.1) is 0 Å². The number of methoxy groups -OCH3 is 2. The van der Waals surface area contributed by atoms with Gasteiger partial charge in [-0.2, -0.15) is 0 Å². The summed E-state index contributed by atoms with van der Waals surface area (Å²) in [6.45, 7) is 0.339. The predicted molar refractivity (Wildman–Crippen MR) is 77.2 cm³/mol. The quantitative estimate of drug-likeness (QED) is 0.851. The second-order valence-electron chi connectivity index (χ2n) is 4.20. The van der Waals surface area contributed by atoms with Crippen molar-refractivity contribution in [3.05, 3.63) is 41.9 Å². The van der Waals surface area contributed by atoms with Gasteiger partial charge < -0.3 is 20.5 Å². The molecule has 0 saturated carbocycles. The molecular formula is C14H16N4O3. The molecule has 0 unspecified atom stereocenters. The first-order valence-corrected chi connectivity index (χ1v) is 6.20. The molecule has 0 fully saturated rings. The summed E-state index contributed by atoms with van der Waals surface area (Å²) in [5.41, 5.74) is 6.51. The van der Waals surface area contributed by atoms with E-state index >= 15 is 0 Å². The van der Waals surface area contributed by atoms with Crippen LogP contribution in [-0.4, -0.2) is 30.1 Å². The number of rotatable bonds is 5. The van der Waals surface area contributed by atoms with Crippen molar-refractivity contribution in [1.82, 2.24) is 15.3 Å². The van der Waals surface area contributed by atoms with Crippen molar-refractivity contribution < 1.29 is 14.3 Å². The highest BCUT2D eigenvalue weighted by molar-refractivity contribution is 5.91. The second kappa shape index (κ2) is 6.56. The normalized spacial score (nSPS) is 10.0. The largest absolute Gasteiger partial charge is 0.493 e. The standard InChI is InChI=1S/C14H16N4O3/c1-20-11-4-3-9(5-12(11)21-2)6-18-14(19)10-7-17-13(15)8-16-10/h3-5,7-8H,6H2,1-2H3,(H2,15,17)(H,18,19). The molecule has 110 valence electrons. The molecule has 3 N–H and O–H groups in total. The molecular weight excluding hydrogens is 272 g/mol. The van der Waals surface area contributed by atoms with Crippen molar-refractivity contribution in [3.8, 4) is 11.5 Å². The number of hydrogen-bond donors (Lipinski definition) is 2. The number of benzene rings is 1. The van der Waals surface area contributed by atoms with Crippen molar-refractivity contribution in [2.75, 3.05) is 20.0 Å². The van der Waals surface area contributed by atoms with Crippen LogP contribution in [0.4, 0.5) is 5.82 Å². The molecule has 1 amide bonds. The Hall–Kier alpha value is -2.83. The molecule has 0 spiro atoms. The summed E-state index contributed by atoms with van der Waals surface area (Å²) in [5.74, 6) is 1.19. The third kappa shape index (κ3) is 3.59. The third-order valence-corrected chi connectivity index (χ3v) is 2.81. The molecule has 21 heavy (non-hydrogen) atoms. The van der Waals surface area contributed by atoms with Crippen LogP contribution in [-0.2, 0) is 6.54 Å². The van der Waals surface area contributed by atoms with Crippen molar-refractivity contribution >= 4 is 11.7 Å². The monoisotopic (exact) mass is 288 g/mol. The Balaban J connectivity index is 2.02. The van der Waals surface area contributed by atoms with E-state index in [2.05, 4.69) is 15.3 Å². The molecule has 1 aromatic carbocycles. The van der Waals surface area contributed by atoms with Gasteiger partial charge in [-0.3, -0.25) is 4.79 Å². The summed E-state index contributed by atoms with van der Waals surface area (Å²) in [6.07, 6.45) is 2.67. The Labute approximate surface area is 122 Å². The Bertz CT molecular complexity index is 629. The summed E-state index contributed by atoms with van der Waals surface area (Å²) in [5, 5.41) is 2.74. The van der Waals surface area contributed by atoms with Gasteiger partial charge in [0, 0.05) is 6.54 Å². The molecule has 0 aliphatic heterocycles. The maximum absolute atomic E-state index is 11.9. The van der Waals surface area contributed by atoms with Gasteiger partial charge in [0.15, 0.2) is 11.5 Å². The zero-order valence-corrected chi connectivity index (χ0v) is 11.8. The molecule has 0 atom stereocenters. The number of carbonyl (C=O) groups is 1.